The third-order valence-electron chi connectivity index (χ3n) is 5.79. The van der Waals surface area contributed by atoms with Gasteiger partial charge in [-0.3, -0.25) is 14.4 Å². The predicted molar refractivity (Wildman–Crippen MR) is 109 cm³/mol. The SMILES string of the molecule is CCc1ccc(-c2ccc(Cl)nc2)cc1C1C(=O)C(C)(C)C(=O)C(C)(C)C1=O. The van der Waals surface area contributed by atoms with Crippen molar-refractivity contribution in [3.8, 4) is 11.1 Å². The molecule has 5 heteroatoms. The zero-order valence-corrected chi connectivity index (χ0v) is 17.6. The molecule has 0 amide bonds. The maximum atomic E-state index is 13.2. The van der Waals surface area contributed by atoms with Crippen LogP contribution >= 0.6 is 11.6 Å². The molecule has 1 aliphatic rings. The molecule has 0 saturated heterocycles. The minimum absolute atomic E-state index is 0.317. The van der Waals surface area contributed by atoms with Crippen LogP contribution in [0.15, 0.2) is 36.5 Å². The van der Waals surface area contributed by atoms with Gasteiger partial charge in [-0.05, 0) is 69.0 Å². The third-order valence-corrected chi connectivity index (χ3v) is 6.01. The lowest BCUT2D eigenvalue weighted by Crippen LogP contribution is -2.56. The molecule has 3 rings (SSSR count). The largest absolute Gasteiger partial charge is 0.298 e. The number of Topliss-reactive ketones (excluding diaryl/α,β-unsaturated/α-hetero) is 3. The number of aromatic nitrogens is 1. The zero-order chi connectivity index (χ0) is 20.9. The van der Waals surface area contributed by atoms with Crippen molar-refractivity contribution in [3.63, 3.8) is 0 Å². The summed E-state index contributed by atoms with van der Waals surface area (Å²) >= 11 is 5.88. The summed E-state index contributed by atoms with van der Waals surface area (Å²) < 4.78 is 0. The summed E-state index contributed by atoms with van der Waals surface area (Å²) in [5.74, 6) is -1.92. The number of aryl methyl sites for hydroxylation is 1. The van der Waals surface area contributed by atoms with Gasteiger partial charge in [0.15, 0.2) is 17.3 Å². The van der Waals surface area contributed by atoms with Gasteiger partial charge in [-0.15, -0.1) is 0 Å². The number of nitrogens with zero attached hydrogens (tertiary/aromatic N) is 1. The number of benzene rings is 1. The Balaban J connectivity index is 2.19. The Bertz CT molecular complexity index is 944. The first-order valence-corrected chi connectivity index (χ1v) is 9.78. The van der Waals surface area contributed by atoms with Crippen LogP contribution in [0.5, 0.6) is 0 Å². The fourth-order valence-electron chi connectivity index (χ4n) is 4.04. The van der Waals surface area contributed by atoms with E-state index >= 15 is 0 Å². The van der Waals surface area contributed by atoms with Gasteiger partial charge >= 0.3 is 0 Å². The van der Waals surface area contributed by atoms with Gasteiger partial charge in [0.1, 0.15) is 11.1 Å². The Kier molecular flexibility index (Phi) is 5.05. The highest BCUT2D eigenvalue weighted by molar-refractivity contribution is 6.30. The first-order chi connectivity index (χ1) is 13.0. The van der Waals surface area contributed by atoms with Crippen LogP contribution in [0.25, 0.3) is 11.1 Å². The Hall–Kier alpha value is -2.33. The number of carbonyl (C=O) groups excluding carboxylic acids is 3. The number of hydrogen-bond donors (Lipinski definition) is 0. The molecule has 2 aromatic rings. The van der Waals surface area contributed by atoms with E-state index in [2.05, 4.69) is 4.98 Å². The van der Waals surface area contributed by atoms with Gasteiger partial charge in [-0.1, -0.05) is 30.7 Å². The average Bonchev–Trinajstić information content (AvgIpc) is 2.66. The summed E-state index contributed by atoms with van der Waals surface area (Å²) in [7, 11) is 0. The molecule has 0 spiro atoms. The van der Waals surface area contributed by atoms with Gasteiger partial charge < -0.3 is 0 Å². The van der Waals surface area contributed by atoms with Crippen LogP contribution in [0.1, 0.15) is 51.7 Å². The number of ketones is 3. The number of halogens is 1. The average molecular weight is 398 g/mol. The zero-order valence-electron chi connectivity index (χ0n) is 16.8. The third kappa shape index (κ3) is 3.10. The molecule has 0 atom stereocenters. The van der Waals surface area contributed by atoms with Crippen molar-refractivity contribution in [1.29, 1.82) is 0 Å². The van der Waals surface area contributed by atoms with Crippen LogP contribution in [-0.2, 0) is 20.8 Å². The normalized spacial score (nSPS) is 19.1. The number of carbonyl (C=O) groups is 3. The van der Waals surface area contributed by atoms with E-state index in [4.69, 9.17) is 11.6 Å². The molecule has 0 bridgehead atoms. The van der Waals surface area contributed by atoms with Crippen molar-refractivity contribution < 1.29 is 14.4 Å². The maximum Gasteiger partial charge on any atom is 0.160 e. The van der Waals surface area contributed by atoms with Crippen molar-refractivity contribution in [2.24, 2.45) is 10.8 Å². The van der Waals surface area contributed by atoms with Crippen molar-refractivity contribution in [2.45, 2.75) is 47.0 Å². The van der Waals surface area contributed by atoms with Crippen molar-refractivity contribution in [3.05, 3.63) is 52.8 Å². The van der Waals surface area contributed by atoms with E-state index in [1.165, 1.54) is 0 Å². The van der Waals surface area contributed by atoms with Crippen LogP contribution < -0.4 is 0 Å². The van der Waals surface area contributed by atoms with Gasteiger partial charge in [-0.2, -0.15) is 0 Å². The lowest BCUT2D eigenvalue weighted by molar-refractivity contribution is -0.157. The predicted octanol–water partition coefficient (Wildman–Crippen LogP) is 4.82. The molecule has 4 nitrogen and oxygen atoms in total. The van der Waals surface area contributed by atoms with Crippen molar-refractivity contribution in [2.75, 3.05) is 0 Å². The van der Waals surface area contributed by atoms with E-state index in [-0.39, 0.29) is 17.3 Å². The molecule has 28 heavy (non-hydrogen) atoms. The summed E-state index contributed by atoms with van der Waals surface area (Å²) in [4.78, 5) is 43.4. The second kappa shape index (κ2) is 6.93. The van der Waals surface area contributed by atoms with E-state index in [1.807, 2.05) is 31.2 Å². The molecule has 1 fully saturated rings. The second-order valence-corrected chi connectivity index (χ2v) is 8.76. The standard InChI is InChI=1S/C23H24ClNO3/c1-6-13-7-8-14(15-9-10-17(24)25-12-15)11-16(13)18-19(26)22(2,3)21(28)23(4,5)20(18)27/h7-12,18H,6H2,1-5H3. The minimum atomic E-state index is -1.20. The topological polar surface area (TPSA) is 64.1 Å². The second-order valence-electron chi connectivity index (χ2n) is 8.38. The minimum Gasteiger partial charge on any atom is -0.298 e. The molecule has 1 saturated carbocycles. The summed E-state index contributed by atoms with van der Waals surface area (Å²) in [5, 5.41) is 0.397. The van der Waals surface area contributed by atoms with Gasteiger partial charge in [-0.25, -0.2) is 4.98 Å². The fraction of sp³-hybridized carbons (Fsp3) is 0.391. The lowest BCUT2D eigenvalue weighted by Gasteiger charge is -2.41. The molecule has 0 N–H and O–H groups in total. The summed E-state index contributed by atoms with van der Waals surface area (Å²) in [6.45, 7) is 8.48. The molecule has 1 aromatic carbocycles. The smallest absolute Gasteiger partial charge is 0.160 e. The van der Waals surface area contributed by atoms with E-state index in [0.717, 1.165) is 16.7 Å². The van der Waals surface area contributed by atoms with Crippen LogP contribution in [0.4, 0.5) is 0 Å². The van der Waals surface area contributed by atoms with Crippen LogP contribution in [-0.4, -0.2) is 22.3 Å². The van der Waals surface area contributed by atoms with Crippen molar-refractivity contribution in [1.82, 2.24) is 4.98 Å². The monoisotopic (exact) mass is 397 g/mol. The Labute approximate surface area is 170 Å². The highest BCUT2D eigenvalue weighted by Gasteiger charge is 2.58. The van der Waals surface area contributed by atoms with Gasteiger partial charge in [0.25, 0.3) is 0 Å². The first-order valence-electron chi connectivity index (χ1n) is 9.40. The summed E-state index contributed by atoms with van der Waals surface area (Å²) in [6.07, 6.45) is 2.34. The molecule has 1 aliphatic carbocycles. The molecular formula is C23H24ClNO3. The van der Waals surface area contributed by atoms with Crippen LogP contribution in [0.2, 0.25) is 5.15 Å². The number of hydrogen-bond acceptors (Lipinski definition) is 4. The molecule has 0 aliphatic heterocycles. The van der Waals surface area contributed by atoms with E-state index in [9.17, 15) is 14.4 Å². The van der Waals surface area contributed by atoms with Crippen LogP contribution in [0.3, 0.4) is 0 Å². The number of rotatable bonds is 3. The quantitative estimate of drug-likeness (QED) is 0.550. The van der Waals surface area contributed by atoms with E-state index in [0.29, 0.717) is 17.1 Å². The van der Waals surface area contributed by atoms with Gasteiger partial charge in [0, 0.05) is 11.8 Å². The molecule has 0 unspecified atom stereocenters. The van der Waals surface area contributed by atoms with Crippen molar-refractivity contribution >= 4 is 29.0 Å². The molecular weight excluding hydrogens is 374 g/mol. The van der Waals surface area contributed by atoms with E-state index in [1.54, 1.807) is 40.0 Å². The van der Waals surface area contributed by atoms with Crippen LogP contribution in [0, 0.1) is 10.8 Å². The molecule has 0 radical (unpaired) electrons. The highest BCUT2D eigenvalue weighted by atomic mass is 35.5. The fourth-order valence-corrected chi connectivity index (χ4v) is 4.15. The highest BCUT2D eigenvalue weighted by Crippen LogP contribution is 2.45. The number of pyridine rings is 1. The molecule has 1 aromatic heterocycles. The van der Waals surface area contributed by atoms with Gasteiger partial charge in [0.2, 0.25) is 0 Å². The Morgan fingerprint density at radius 3 is 2.00 bits per heavy atom. The summed E-state index contributed by atoms with van der Waals surface area (Å²) in [6, 6.07) is 9.32. The Morgan fingerprint density at radius 1 is 0.929 bits per heavy atom. The first kappa shape index (κ1) is 20.4. The molecule has 1 heterocycles. The lowest BCUT2D eigenvalue weighted by atomic mass is 9.57. The maximum absolute atomic E-state index is 13.2. The van der Waals surface area contributed by atoms with E-state index < -0.39 is 16.7 Å². The van der Waals surface area contributed by atoms with Gasteiger partial charge in [0.05, 0.1) is 10.8 Å². The summed E-state index contributed by atoms with van der Waals surface area (Å²) in [5.41, 5.74) is 0.899. The molecule has 146 valence electrons. The Morgan fingerprint density at radius 2 is 1.50 bits per heavy atom.